The van der Waals surface area contributed by atoms with E-state index in [4.69, 9.17) is 0 Å². The first-order valence-electron chi connectivity index (χ1n) is 7.56. The van der Waals surface area contributed by atoms with Gasteiger partial charge in [0.05, 0.1) is 5.69 Å². The Kier molecular flexibility index (Phi) is 4.47. The van der Waals surface area contributed by atoms with Gasteiger partial charge in [0.25, 0.3) is 5.91 Å². The third-order valence-corrected chi connectivity index (χ3v) is 3.47. The Hall–Kier alpha value is -3.61. The summed E-state index contributed by atoms with van der Waals surface area (Å²) in [6.07, 6.45) is 0. The zero-order valence-corrected chi connectivity index (χ0v) is 13.4. The summed E-state index contributed by atoms with van der Waals surface area (Å²) in [5, 5.41) is 22.0. The van der Waals surface area contributed by atoms with Crippen LogP contribution in [-0.2, 0) is 4.79 Å². The summed E-state index contributed by atoms with van der Waals surface area (Å²) < 4.78 is 0. The normalized spacial score (nSPS) is 10.3. The minimum Gasteiger partial charge on any atom is -0.507 e. The van der Waals surface area contributed by atoms with Gasteiger partial charge in [-0.05, 0) is 42.5 Å². The van der Waals surface area contributed by atoms with Crippen molar-refractivity contribution in [3.8, 4) is 17.0 Å². The molecule has 0 bridgehead atoms. The standard InChI is InChI=1S/C18H16N4O3/c1-11(23)19-12-6-8-13(9-7-12)20-18(25)16-10-15(21-22-16)14-4-2-3-5-17(14)24/h2-10,24H,1H3,(H,19,23)(H,20,25)(H,21,22). The molecule has 3 aromatic rings. The molecule has 0 atom stereocenters. The highest BCUT2D eigenvalue weighted by molar-refractivity contribution is 6.03. The van der Waals surface area contributed by atoms with E-state index >= 15 is 0 Å². The molecule has 4 N–H and O–H groups in total. The molecule has 0 unspecified atom stereocenters. The lowest BCUT2D eigenvalue weighted by atomic mass is 10.1. The van der Waals surface area contributed by atoms with Crippen LogP contribution in [-0.4, -0.2) is 27.1 Å². The number of hydrogen-bond acceptors (Lipinski definition) is 4. The number of amides is 2. The molecular formula is C18H16N4O3. The van der Waals surface area contributed by atoms with E-state index in [0.717, 1.165) is 0 Å². The molecule has 2 aromatic carbocycles. The summed E-state index contributed by atoms with van der Waals surface area (Å²) in [6, 6.07) is 15.1. The molecular weight excluding hydrogens is 320 g/mol. The van der Waals surface area contributed by atoms with Gasteiger partial charge in [-0.2, -0.15) is 5.10 Å². The topological polar surface area (TPSA) is 107 Å². The number of aromatic amines is 1. The maximum atomic E-state index is 12.3. The van der Waals surface area contributed by atoms with E-state index < -0.39 is 0 Å². The van der Waals surface area contributed by atoms with Crippen molar-refractivity contribution in [1.82, 2.24) is 10.2 Å². The first-order valence-corrected chi connectivity index (χ1v) is 7.56. The number of hydrogen-bond donors (Lipinski definition) is 4. The number of rotatable bonds is 4. The number of para-hydroxylation sites is 1. The second kappa shape index (κ2) is 6.88. The predicted molar refractivity (Wildman–Crippen MR) is 94.4 cm³/mol. The molecule has 3 rings (SSSR count). The second-order valence-corrected chi connectivity index (χ2v) is 5.40. The van der Waals surface area contributed by atoms with Crippen molar-refractivity contribution >= 4 is 23.2 Å². The Bertz CT molecular complexity index is 916. The SMILES string of the molecule is CC(=O)Nc1ccc(NC(=O)c2cc(-c3ccccc3O)n[nH]2)cc1. The lowest BCUT2D eigenvalue weighted by molar-refractivity contribution is -0.114. The quantitative estimate of drug-likeness (QED) is 0.587. The summed E-state index contributed by atoms with van der Waals surface area (Å²) in [7, 11) is 0. The smallest absolute Gasteiger partial charge is 0.273 e. The Morgan fingerprint density at radius 2 is 1.64 bits per heavy atom. The Balaban J connectivity index is 1.72. The minimum absolute atomic E-state index is 0.0921. The molecule has 1 heterocycles. The van der Waals surface area contributed by atoms with Crippen LogP contribution in [0, 0.1) is 0 Å². The van der Waals surface area contributed by atoms with E-state index in [1.165, 1.54) is 6.92 Å². The summed E-state index contributed by atoms with van der Waals surface area (Å²) in [5.41, 5.74) is 2.51. The zero-order chi connectivity index (χ0) is 17.8. The van der Waals surface area contributed by atoms with Crippen LogP contribution in [0.4, 0.5) is 11.4 Å². The van der Waals surface area contributed by atoms with Crippen molar-refractivity contribution < 1.29 is 14.7 Å². The first-order chi connectivity index (χ1) is 12.0. The van der Waals surface area contributed by atoms with E-state index in [0.29, 0.717) is 22.6 Å². The van der Waals surface area contributed by atoms with Gasteiger partial charge in [-0.25, -0.2) is 0 Å². The van der Waals surface area contributed by atoms with Crippen molar-refractivity contribution in [2.24, 2.45) is 0 Å². The average molecular weight is 336 g/mol. The maximum Gasteiger partial charge on any atom is 0.273 e. The maximum absolute atomic E-state index is 12.3. The molecule has 1 aromatic heterocycles. The first kappa shape index (κ1) is 16.3. The van der Waals surface area contributed by atoms with Gasteiger partial charge in [0, 0.05) is 23.9 Å². The molecule has 0 spiro atoms. The Morgan fingerprint density at radius 3 is 2.28 bits per heavy atom. The number of aromatic nitrogens is 2. The average Bonchev–Trinajstić information content (AvgIpc) is 3.06. The molecule has 7 nitrogen and oxygen atoms in total. The van der Waals surface area contributed by atoms with Crippen molar-refractivity contribution in [2.75, 3.05) is 10.6 Å². The fraction of sp³-hybridized carbons (Fsp3) is 0.0556. The highest BCUT2D eigenvalue weighted by Gasteiger charge is 2.13. The van der Waals surface area contributed by atoms with Crippen molar-refractivity contribution in [1.29, 1.82) is 0 Å². The molecule has 0 aliphatic rings. The van der Waals surface area contributed by atoms with Gasteiger partial charge in [-0.1, -0.05) is 12.1 Å². The van der Waals surface area contributed by atoms with Crippen LogP contribution < -0.4 is 10.6 Å². The molecule has 0 fully saturated rings. The fourth-order valence-electron chi connectivity index (χ4n) is 2.30. The number of carbonyl (C=O) groups is 2. The predicted octanol–water partition coefficient (Wildman–Crippen LogP) is 2.99. The van der Waals surface area contributed by atoms with Crippen LogP contribution in [0.15, 0.2) is 54.6 Å². The molecule has 0 radical (unpaired) electrons. The summed E-state index contributed by atoms with van der Waals surface area (Å²) in [4.78, 5) is 23.3. The van der Waals surface area contributed by atoms with E-state index in [2.05, 4.69) is 20.8 Å². The van der Waals surface area contributed by atoms with Crippen LogP contribution in [0.3, 0.4) is 0 Å². The van der Waals surface area contributed by atoms with E-state index in [1.54, 1.807) is 54.6 Å². The molecule has 126 valence electrons. The molecule has 25 heavy (non-hydrogen) atoms. The van der Waals surface area contributed by atoms with Gasteiger partial charge in [-0.15, -0.1) is 0 Å². The van der Waals surface area contributed by atoms with Gasteiger partial charge in [0.2, 0.25) is 5.91 Å². The molecule has 2 amide bonds. The fourth-order valence-corrected chi connectivity index (χ4v) is 2.30. The van der Waals surface area contributed by atoms with Crippen molar-refractivity contribution in [2.45, 2.75) is 6.92 Å². The molecule has 0 saturated carbocycles. The Labute approximate surface area is 143 Å². The van der Waals surface area contributed by atoms with Gasteiger partial charge >= 0.3 is 0 Å². The summed E-state index contributed by atoms with van der Waals surface area (Å²) in [5.74, 6) is -0.429. The molecule has 7 heteroatoms. The van der Waals surface area contributed by atoms with Crippen LogP contribution in [0.25, 0.3) is 11.3 Å². The number of benzene rings is 2. The molecule has 0 aliphatic carbocycles. The molecule has 0 saturated heterocycles. The number of nitrogens with zero attached hydrogens (tertiary/aromatic N) is 1. The number of nitrogens with one attached hydrogen (secondary N) is 3. The molecule has 0 aliphatic heterocycles. The number of anilines is 2. The van der Waals surface area contributed by atoms with Gasteiger partial charge in [-0.3, -0.25) is 14.7 Å². The third-order valence-electron chi connectivity index (χ3n) is 3.47. The number of H-pyrrole nitrogens is 1. The van der Waals surface area contributed by atoms with E-state index in [-0.39, 0.29) is 23.3 Å². The zero-order valence-electron chi connectivity index (χ0n) is 13.4. The lowest BCUT2D eigenvalue weighted by Crippen LogP contribution is -2.12. The minimum atomic E-state index is -0.360. The van der Waals surface area contributed by atoms with Crippen molar-refractivity contribution in [3.63, 3.8) is 0 Å². The number of phenolic OH excluding ortho intramolecular Hbond substituents is 1. The highest BCUT2D eigenvalue weighted by atomic mass is 16.3. The summed E-state index contributed by atoms with van der Waals surface area (Å²) >= 11 is 0. The van der Waals surface area contributed by atoms with Crippen molar-refractivity contribution in [3.05, 3.63) is 60.3 Å². The second-order valence-electron chi connectivity index (χ2n) is 5.40. The van der Waals surface area contributed by atoms with Crippen LogP contribution >= 0.6 is 0 Å². The highest BCUT2D eigenvalue weighted by Crippen LogP contribution is 2.27. The van der Waals surface area contributed by atoms with Crippen LogP contribution in [0.2, 0.25) is 0 Å². The largest absolute Gasteiger partial charge is 0.507 e. The van der Waals surface area contributed by atoms with E-state index in [9.17, 15) is 14.7 Å². The van der Waals surface area contributed by atoms with E-state index in [1.807, 2.05) is 0 Å². The van der Waals surface area contributed by atoms with Gasteiger partial charge < -0.3 is 15.7 Å². The van der Waals surface area contributed by atoms with Gasteiger partial charge in [0.15, 0.2) is 0 Å². The van der Waals surface area contributed by atoms with Crippen LogP contribution in [0.1, 0.15) is 17.4 Å². The number of aromatic hydroxyl groups is 1. The van der Waals surface area contributed by atoms with Crippen LogP contribution in [0.5, 0.6) is 5.75 Å². The monoisotopic (exact) mass is 336 g/mol. The number of carbonyl (C=O) groups excluding carboxylic acids is 2. The van der Waals surface area contributed by atoms with Gasteiger partial charge in [0.1, 0.15) is 11.4 Å². The third kappa shape index (κ3) is 3.84. The summed E-state index contributed by atoms with van der Waals surface area (Å²) in [6.45, 7) is 1.43. The number of phenols is 1. The Morgan fingerprint density at radius 1 is 1.00 bits per heavy atom. The lowest BCUT2D eigenvalue weighted by Gasteiger charge is -2.05.